The van der Waals surface area contributed by atoms with Gasteiger partial charge in [-0.1, -0.05) is 13.8 Å². The Morgan fingerprint density at radius 3 is 2.57 bits per heavy atom. The van der Waals surface area contributed by atoms with Crippen LogP contribution in [0, 0.1) is 5.92 Å². The lowest BCUT2D eigenvalue weighted by molar-refractivity contribution is -0.123. The van der Waals surface area contributed by atoms with Crippen LogP contribution >= 0.6 is 0 Å². The van der Waals surface area contributed by atoms with Gasteiger partial charge in [-0.2, -0.15) is 0 Å². The van der Waals surface area contributed by atoms with Gasteiger partial charge >= 0.3 is 0 Å². The van der Waals surface area contributed by atoms with E-state index in [0.29, 0.717) is 19.6 Å². The van der Waals surface area contributed by atoms with Gasteiger partial charge in [-0.15, -0.1) is 0 Å². The van der Waals surface area contributed by atoms with E-state index in [4.69, 9.17) is 4.74 Å². The number of aliphatic imine (C=N–C) groups is 1. The molecule has 1 fully saturated rings. The molecule has 0 bridgehead atoms. The maximum Gasteiger partial charge on any atom is 0.222 e. The van der Waals surface area contributed by atoms with Gasteiger partial charge in [-0.05, 0) is 26.7 Å². The Kier molecular flexibility index (Phi) is 7.50. The van der Waals surface area contributed by atoms with Crippen molar-refractivity contribution in [3.8, 4) is 0 Å². The van der Waals surface area contributed by atoms with Crippen molar-refractivity contribution in [1.82, 2.24) is 16.0 Å². The quantitative estimate of drug-likeness (QED) is 0.371. The molecule has 6 nitrogen and oxygen atoms in total. The summed E-state index contributed by atoms with van der Waals surface area (Å²) in [6.07, 6.45) is 2.16. The third-order valence-corrected chi connectivity index (χ3v) is 3.46. The van der Waals surface area contributed by atoms with Crippen molar-refractivity contribution in [2.75, 3.05) is 32.8 Å². The number of nitrogens with one attached hydrogen (secondary N) is 3. The normalized spacial score (nSPS) is 22.4. The molecule has 0 aliphatic carbocycles. The van der Waals surface area contributed by atoms with E-state index < -0.39 is 0 Å². The molecular formula is C15H30N4O2. The number of ether oxygens (including phenoxy) is 1. The van der Waals surface area contributed by atoms with Gasteiger partial charge < -0.3 is 20.7 Å². The van der Waals surface area contributed by atoms with E-state index in [2.05, 4.69) is 27.9 Å². The number of hydrogen-bond donors (Lipinski definition) is 3. The van der Waals surface area contributed by atoms with E-state index in [-0.39, 0.29) is 17.4 Å². The summed E-state index contributed by atoms with van der Waals surface area (Å²) in [6.45, 7) is 11.4. The molecule has 6 heteroatoms. The number of carbonyl (C=O) groups is 1. The predicted molar refractivity (Wildman–Crippen MR) is 85.4 cm³/mol. The third kappa shape index (κ3) is 6.80. The summed E-state index contributed by atoms with van der Waals surface area (Å²) in [4.78, 5) is 16.0. The van der Waals surface area contributed by atoms with Gasteiger partial charge in [0.15, 0.2) is 5.96 Å². The molecule has 21 heavy (non-hydrogen) atoms. The van der Waals surface area contributed by atoms with E-state index in [1.165, 1.54) is 0 Å². The van der Waals surface area contributed by atoms with Crippen molar-refractivity contribution in [3.05, 3.63) is 0 Å². The summed E-state index contributed by atoms with van der Waals surface area (Å²) in [5.74, 6) is 0.866. The second kappa shape index (κ2) is 8.87. The highest BCUT2D eigenvalue weighted by atomic mass is 16.5. The van der Waals surface area contributed by atoms with Gasteiger partial charge in [-0.25, -0.2) is 0 Å². The smallest absolute Gasteiger partial charge is 0.222 e. The second-order valence-electron chi connectivity index (χ2n) is 5.97. The Balaban J connectivity index is 2.33. The summed E-state index contributed by atoms with van der Waals surface area (Å²) >= 11 is 0. The first-order chi connectivity index (χ1) is 9.97. The number of rotatable bonds is 7. The minimum Gasteiger partial charge on any atom is -0.373 e. The summed E-state index contributed by atoms with van der Waals surface area (Å²) < 4.78 is 5.73. The molecule has 3 N–H and O–H groups in total. The number of hydrogen-bond acceptors (Lipinski definition) is 3. The van der Waals surface area contributed by atoms with E-state index in [9.17, 15) is 4.79 Å². The number of nitrogens with zero attached hydrogens (tertiary/aromatic N) is 1. The zero-order valence-electron chi connectivity index (χ0n) is 13.8. The van der Waals surface area contributed by atoms with Crippen molar-refractivity contribution < 1.29 is 9.53 Å². The minimum absolute atomic E-state index is 0.0198. The van der Waals surface area contributed by atoms with Gasteiger partial charge in [-0.3, -0.25) is 9.79 Å². The Bertz CT molecular complexity index is 350. The van der Waals surface area contributed by atoms with Crippen LogP contribution in [0.1, 0.15) is 40.5 Å². The third-order valence-electron chi connectivity index (χ3n) is 3.46. The van der Waals surface area contributed by atoms with Crippen LogP contribution in [0.2, 0.25) is 0 Å². The Labute approximate surface area is 128 Å². The van der Waals surface area contributed by atoms with Crippen LogP contribution in [0.4, 0.5) is 0 Å². The molecule has 1 heterocycles. The number of carbonyl (C=O) groups excluding carboxylic acids is 1. The van der Waals surface area contributed by atoms with E-state index in [0.717, 1.165) is 32.0 Å². The molecule has 1 saturated heterocycles. The van der Waals surface area contributed by atoms with Crippen LogP contribution in [-0.2, 0) is 9.53 Å². The minimum atomic E-state index is -0.131. The van der Waals surface area contributed by atoms with Crippen molar-refractivity contribution in [2.45, 2.75) is 46.1 Å². The van der Waals surface area contributed by atoms with Crippen LogP contribution in [0.3, 0.4) is 0 Å². The number of amides is 1. The summed E-state index contributed by atoms with van der Waals surface area (Å²) in [5, 5.41) is 9.31. The molecule has 0 radical (unpaired) electrons. The highest BCUT2D eigenvalue weighted by molar-refractivity contribution is 5.80. The molecule has 1 amide bonds. The van der Waals surface area contributed by atoms with E-state index in [1.807, 2.05) is 20.8 Å². The van der Waals surface area contributed by atoms with Crippen LogP contribution in [0.25, 0.3) is 0 Å². The van der Waals surface area contributed by atoms with Crippen molar-refractivity contribution in [3.63, 3.8) is 0 Å². The Morgan fingerprint density at radius 2 is 2.00 bits per heavy atom. The summed E-state index contributed by atoms with van der Waals surface area (Å²) in [7, 11) is 0. The SMILES string of the molecule is CCNC(=NCC1(C)CCCO1)NCCNC(=O)C(C)C. The van der Waals surface area contributed by atoms with E-state index in [1.54, 1.807) is 0 Å². The largest absolute Gasteiger partial charge is 0.373 e. The summed E-state index contributed by atoms with van der Waals surface area (Å²) in [6, 6.07) is 0. The fourth-order valence-electron chi connectivity index (χ4n) is 2.12. The lowest BCUT2D eigenvalue weighted by Gasteiger charge is -2.21. The molecule has 1 aliphatic rings. The first kappa shape index (κ1) is 17.8. The average Bonchev–Trinajstić information content (AvgIpc) is 2.87. The Hall–Kier alpha value is -1.30. The van der Waals surface area contributed by atoms with Crippen molar-refractivity contribution in [1.29, 1.82) is 0 Å². The van der Waals surface area contributed by atoms with Crippen molar-refractivity contribution in [2.24, 2.45) is 10.9 Å². The fraction of sp³-hybridized carbons (Fsp3) is 0.867. The lowest BCUT2D eigenvalue weighted by Crippen LogP contribution is -2.43. The first-order valence-electron chi connectivity index (χ1n) is 7.91. The molecular weight excluding hydrogens is 268 g/mol. The standard InChI is InChI=1S/C15H30N4O2/c1-5-16-14(18-9-8-17-13(20)12(2)3)19-11-15(4)7-6-10-21-15/h12H,5-11H2,1-4H3,(H,17,20)(H2,16,18,19). The predicted octanol–water partition coefficient (Wildman–Crippen LogP) is 0.883. The molecule has 122 valence electrons. The lowest BCUT2D eigenvalue weighted by atomic mass is 10.0. The maximum absolute atomic E-state index is 11.5. The monoisotopic (exact) mass is 298 g/mol. The van der Waals surface area contributed by atoms with Gasteiger partial charge in [0.25, 0.3) is 0 Å². The molecule has 1 rings (SSSR count). The average molecular weight is 298 g/mol. The maximum atomic E-state index is 11.5. The van der Waals surface area contributed by atoms with Crippen LogP contribution in [0.15, 0.2) is 4.99 Å². The number of guanidine groups is 1. The highest BCUT2D eigenvalue weighted by Gasteiger charge is 2.29. The molecule has 1 unspecified atom stereocenters. The van der Waals surface area contributed by atoms with Gasteiger partial charge in [0, 0.05) is 32.2 Å². The highest BCUT2D eigenvalue weighted by Crippen LogP contribution is 2.24. The van der Waals surface area contributed by atoms with Crippen LogP contribution < -0.4 is 16.0 Å². The molecule has 0 saturated carbocycles. The molecule has 0 aromatic rings. The summed E-state index contributed by atoms with van der Waals surface area (Å²) in [5.41, 5.74) is -0.131. The van der Waals surface area contributed by atoms with Gasteiger partial charge in [0.2, 0.25) is 5.91 Å². The molecule has 1 atom stereocenters. The first-order valence-corrected chi connectivity index (χ1v) is 7.91. The van der Waals surface area contributed by atoms with Crippen LogP contribution in [-0.4, -0.2) is 50.3 Å². The zero-order chi connectivity index (χ0) is 15.7. The molecule has 0 aromatic heterocycles. The van der Waals surface area contributed by atoms with Gasteiger partial charge in [0.05, 0.1) is 12.1 Å². The van der Waals surface area contributed by atoms with Gasteiger partial charge in [0.1, 0.15) is 0 Å². The van der Waals surface area contributed by atoms with Crippen molar-refractivity contribution >= 4 is 11.9 Å². The molecule has 0 spiro atoms. The fourth-order valence-corrected chi connectivity index (χ4v) is 2.12. The topological polar surface area (TPSA) is 74.8 Å². The second-order valence-corrected chi connectivity index (χ2v) is 5.97. The molecule has 1 aliphatic heterocycles. The zero-order valence-corrected chi connectivity index (χ0v) is 13.8. The Morgan fingerprint density at radius 1 is 1.29 bits per heavy atom. The molecule has 0 aromatic carbocycles. The van der Waals surface area contributed by atoms with E-state index >= 15 is 0 Å². The van der Waals surface area contributed by atoms with Crippen LogP contribution in [0.5, 0.6) is 0 Å².